The summed E-state index contributed by atoms with van der Waals surface area (Å²) in [6.07, 6.45) is 1.49. The Morgan fingerprint density at radius 2 is 2.29 bits per heavy atom. The van der Waals surface area contributed by atoms with Crippen LogP contribution < -0.4 is 5.32 Å². The molecular formula is C11H11N3O3. The molecule has 0 aliphatic carbocycles. The summed E-state index contributed by atoms with van der Waals surface area (Å²) in [5, 5.41) is 11.1. The molecule has 0 aliphatic heterocycles. The lowest BCUT2D eigenvalue weighted by molar-refractivity contribution is -0.152. The minimum Gasteiger partial charge on any atom is -0.459 e. The molecule has 0 saturated heterocycles. The average molecular weight is 233 g/mol. The van der Waals surface area contributed by atoms with Crippen molar-refractivity contribution in [1.82, 2.24) is 4.98 Å². The number of pyridine rings is 1. The highest BCUT2D eigenvalue weighted by molar-refractivity contribution is 6.37. The Morgan fingerprint density at radius 1 is 1.59 bits per heavy atom. The number of ether oxygens (including phenoxy) is 1. The van der Waals surface area contributed by atoms with Gasteiger partial charge < -0.3 is 4.74 Å². The molecule has 1 N–H and O–H groups in total. The second-order valence-corrected chi connectivity index (χ2v) is 3.20. The van der Waals surface area contributed by atoms with Crippen molar-refractivity contribution >= 4 is 17.7 Å². The summed E-state index contributed by atoms with van der Waals surface area (Å²) in [4.78, 5) is 26.3. The predicted molar refractivity (Wildman–Crippen MR) is 59.0 cm³/mol. The van der Waals surface area contributed by atoms with Crippen LogP contribution in [0.3, 0.4) is 0 Å². The quantitative estimate of drug-likeness (QED) is 0.601. The fraction of sp³-hybridized carbons (Fsp3) is 0.273. The molecule has 0 unspecified atom stereocenters. The molecule has 1 aromatic rings. The lowest BCUT2D eigenvalue weighted by Crippen LogP contribution is -2.25. The first-order chi connectivity index (χ1) is 8.08. The largest absolute Gasteiger partial charge is 0.459 e. The van der Waals surface area contributed by atoms with Gasteiger partial charge in [0.2, 0.25) is 0 Å². The van der Waals surface area contributed by atoms with Crippen LogP contribution in [-0.2, 0) is 14.3 Å². The van der Waals surface area contributed by atoms with E-state index in [9.17, 15) is 9.59 Å². The van der Waals surface area contributed by atoms with Crippen molar-refractivity contribution in [2.24, 2.45) is 0 Å². The number of hydrogen-bond donors (Lipinski definition) is 1. The van der Waals surface area contributed by atoms with Crippen LogP contribution in [0, 0.1) is 18.3 Å². The highest BCUT2D eigenvalue weighted by atomic mass is 16.5. The average Bonchev–Trinajstić information content (AvgIpc) is 2.31. The number of nitrogens with zero attached hydrogens (tertiary/aromatic N) is 2. The van der Waals surface area contributed by atoms with E-state index in [1.807, 2.05) is 6.07 Å². The van der Waals surface area contributed by atoms with E-state index in [0.717, 1.165) is 5.56 Å². The third kappa shape index (κ3) is 3.28. The fourth-order valence-corrected chi connectivity index (χ4v) is 1.11. The van der Waals surface area contributed by atoms with Crippen molar-refractivity contribution in [3.63, 3.8) is 0 Å². The third-order valence-corrected chi connectivity index (χ3v) is 1.84. The molecule has 0 bridgehead atoms. The maximum absolute atomic E-state index is 11.3. The topological polar surface area (TPSA) is 92.1 Å². The number of hydrogen-bond acceptors (Lipinski definition) is 5. The zero-order valence-electron chi connectivity index (χ0n) is 9.48. The molecule has 17 heavy (non-hydrogen) atoms. The second-order valence-electron chi connectivity index (χ2n) is 3.20. The molecule has 1 heterocycles. The highest BCUT2D eigenvalue weighted by Crippen LogP contribution is 2.12. The molecule has 0 fully saturated rings. The van der Waals surface area contributed by atoms with Gasteiger partial charge in [-0.25, -0.2) is 9.78 Å². The molecule has 0 saturated carbocycles. The Labute approximate surface area is 98.2 Å². The number of carbonyl (C=O) groups is 2. The van der Waals surface area contributed by atoms with Gasteiger partial charge in [-0.15, -0.1) is 0 Å². The van der Waals surface area contributed by atoms with Crippen LogP contribution in [0.1, 0.15) is 18.1 Å². The normalized spacial score (nSPS) is 9.24. The van der Waals surface area contributed by atoms with E-state index in [1.165, 1.54) is 6.20 Å². The van der Waals surface area contributed by atoms with Crippen LogP contribution in [0.25, 0.3) is 0 Å². The van der Waals surface area contributed by atoms with Gasteiger partial charge in [-0.05, 0) is 25.5 Å². The van der Waals surface area contributed by atoms with Gasteiger partial charge in [-0.3, -0.25) is 10.1 Å². The van der Waals surface area contributed by atoms with Crippen molar-refractivity contribution < 1.29 is 14.3 Å². The Bertz CT molecular complexity index is 491. The van der Waals surface area contributed by atoms with Crippen molar-refractivity contribution in [3.8, 4) is 6.07 Å². The van der Waals surface area contributed by atoms with Gasteiger partial charge in [-0.2, -0.15) is 5.26 Å². The first-order valence-electron chi connectivity index (χ1n) is 4.93. The van der Waals surface area contributed by atoms with E-state index < -0.39 is 11.9 Å². The molecular weight excluding hydrogens is 222 g/mol. The van der Waals surface area contributed by atoms with E-state index in [2.05, 4.69) is 15.0 Å². The van der Waals surface area contributed by atoms with Crippen LogP contribution in [0.15, 0.2) is 12.3 Å². The Kier molecular flexibility index (Phi) is 4.17. The first-order valence-corrected chi connectivity index (χ1v) is 4.93. The van der Waals surface area contributed by atoms with Crippen LogP contribution in [0.2, 0.25) is 0 Å². The summed E-state index contributed by atoms with van der Waals surface area (Å²) >= 11 is 0. The fourth-order valence-electron chi connectivity index (χ4n) is 1.11. The van der Waals surface area contributed by atoms with Gasteiger partial charge in [0, 0.05) is 6.20 Å². The summed E-state index contributed by atoms with van der Waals surface area (Å²) in [7, 11) is 0. The number of esters is 1. The van der Waals surface area contributed by atoms with Crippen molar-refractivity contribution in [3.05, 3.63) is 23.4 Å². The van der Waals surface area contributed by atoms with Gasteiger partial charge >= 0.3 is 11.9 Å². The van der Waals surface area contributed by atoms with Crippen molar-refractivity contribution in [2.75, 3.05) is 11.9 Å². The van der Waals surface area contributed by atoms with Gasteiger partial charge in [0.25, 0.3) is 0 Å². The van der Waals surface area contributed by atoms with Gasteiger partial charge in [0.1, 0.15) is 6.07 Å². The molecule has 0 spiro atoms. The minimum absolute atomic E-state index is 0.0520. The summed E-state index contributed by atoms with van der Waals surface area (Å²) < 4.78 is 4.51. The Balaban J connectivity index is 2.86. The molecule has 0 atom stereocenters. The molecule has 1 rings (SSSR count). The van der Waals surface area contributed by atoms with Crippen LogP contribution in [-0.4, -0.2) is 23.5 Å². The number of anilines is 1. The molecule has 1 aromatic heterocycles. The molecule has 88 valence electrons. The Hall–Kier alpha value is -2.42. The predicted octanol–water partition coefficient (Wildman–Crippen LogP) is 0.763. The van der Waals surface area contributed by atoms with E-state index in [0.29, 0.717) is 0 Å². The maximum atomic E-state index is 11.3. The zero-order chi connectivity index (χ0) is 12.8. The summed E-state index contributed by atoms with van der Waals surface area (Å²) in [5.41, 5.74) is 0.985. The molecule has 0 aromatic carbocycles. The number of rotatable bonds is 2. The van der Waals surface area contributed by atoms with E-state index in [4.69, 9.17) is 5.26 Å². The number of nitrogens with one attached hydrogen (secondary N) is 1. The SMILES string of the molecule is CCOC(=O)C(=O)Nc1ncc(C)cc1C#N. The smallest absolute Gasteiger partial charge is 0.397 e. The van der Waals surface area contributed by atoms with Crippen LogP contribution >= 0.6 is 0 Å². The van der Waals surface area contributed by atoms with E-state index >= 15 is 0 Å². The number of nitriles is 1. The minimum atomic E-state index is -1.00. The van der Waals surface area contributed by atoms with E-state index in [-0.39, 0.29) is 18.0 Å². The first kappa shape index (κ1) is 12.6. The maximum Gasteiger partial charge on any atom is 0.397 e. The number of amides is 1. The zero-order valence-corrected chi connectivity index (χ0v) is 9.48. The number of aryl methyl sites for hydroxylation is 1. The lowest BCUT2D eigenvalue weighted by atomic mass is 10.2. The van der Waals surface area contributed by atoms with E-state index in [1.54, 1.807) is 19.9 Å². The monoisotopic (exact) mass is 233 g/mol. The molecule has 6 nitrogen and oxygen atoms in total. The van der Waals surface area contributed by atoms with Crippen molar-refractivity contribution in [2.45, 2.75) is 13.8 Å². The third-order valence-electron chi connectivity index (χ3n) is 1.84. The Morgan fingerprint density at radius 3 is 2.88 bits per heavy atom. The molecule has 0 radical (unpaired) electrons. The summed E-state index contributed by atoms with van der Waals surface area (Å²) in [6.45, 7) is 3.47. The second kappa shape index (κ2) is 5.61. The number of aromatic nitrogens is 1. The van der Waals surface area contributed by atoms with Crippen LogP contribution in [0.5, 0.6) is 0 Å². The molecule has 0 aliphatic rings. The van der Waals surface area contributed by atoms with Crippen LogP contribution in [0.4, 0.5) is 5.82 Å². The highest BCUT2D eigenvalue weighted by Gasteiger charge is 2.17. The standard InChI is InChI=1S/C11H11N3O3/c1-3-17-11(16)10(15)14-9-8(5-12)4-7(2)6-13-9/h4,6H,3H2,1-2H3,(H,13,14,15). The molecule has 1 amide bonds. The van der Waals surface area contributed by atoms with Crippen molar-refractivity contribution in [1.29, 1.82) is 5.26 Å². The van der Waals surface area contributed by atoms with Gasteiger partial charge in [-0.1, -0.05) is 0 Å². The van der Waals surface area contributed by atoms with Gasteiger partial charge in [0.15, 0.2) is 5.82 Å². The van der Waals surface area contributed by atoms with Gasteiger partial charge in [0.05, 0.1) is 12.2 Å². The molecule has 6 heteroatoms. The number of carbonyl (C=O) groups excluding carboxylic acids is 2. The summed E-state index contributed by atoms with van der Waals surface area (Å²) in [6, 6.07) is 3.45. The lowest BCUT2D eigenvalue weighted by Gasteiger charge is -2.05. The summed E-state index contributed by atoms with van der Waals surface area (Å²) in [5.74, 6) is -1.89.